The van der Waals surface area contributed by atoms with Gasteiger partial charge in [0.1, 0.15) is 0 Å². The topological polar surface area (TPSA) is 111 Å². The highest BCUT2D eigenvalue weighted by atomic mass is 35.5. The Labute approximate surface area is 272 Å². The Hall–Kier alpha value is -5.02. The quantitative estimate of drug-likeness (QED) is 0.201. The number of carbonyl (C=O) groups is 2. The number of aromatic nitrogens is 4. The van der Waals surface area contributed by atoms with Gasteiger partial charge >= 0.3 is 6.09 Å². The molecule has 1 unspecified atom stereocenters. The molecule has 2 aliphatic rings. The minimum atomic E-state index is -0.574. The molecule has 1 aliphatic carbocycles. The van der Waals surface area contributed by atoms with E-state index >= 15 is 0 Å². The summed E-state index contributed by atoms with van der Waals surface area (Å²) in [6.45, 7) is 0. The second kappa shape index (κ2) is 12.8. The summed E-state index contributed by atoms with van der Waals surface area (Å²) < 4.78 is 6.57. The first kappa shape index (κ1) is 29.7. The number of halogens is 1. The molecule has 2 bridgehead atoms. The van der Waals surface area contributed by atoms with Gasteiger partial charge in [0.25, 0.3) is 0 Å². The number of ether oxygens (including phenoxy) is 1. The third-order valence-electron chi connectivity index (χ3n) is 8.64. The van der Waals surface area contributed by atoms with Crippen molar-refractivity contribution < 1.29 is 14.3 Å². The Kier molecular flexibility index (Phi) is 8.24. The molecule has 0 spiro atoms. The third kappa shape index (κ3) is 6.37. The van der Waals surface area contributed by atoms with Gasteiger partial charge < -0.3 is 10.1 Å². The number of nitrogens with zero attached hydrogens (tertiary/aromatic N) is 4. The van der Waals surface area contributed by atoms with Crippen LogP contribution in [0, 0.1) is 0 Å². The second-order valence-corrected chi connectivity index (χ2v) is 12.3. The van der Waals surface area contributed by atoms with E-state index in [4.69, 9.17) is 21.3 Å². The van der Waals surface area contributed by atoms with Crippen LogP contribution in [0.15, 0.2) is 85.2 Å². The fourth-order valence-corrected chi connectivity index (χ4v) is 6.24. The molecule has 7 rings (SSSR count). The molecule has 0 saturated heterocycles. The number of pyridine rings is 1. The van der Waals surface area contributed by atoms with Crippen LogP contribution in [0.3, 0.4) is 0 Å². The monoisotopic (exact) mass is 632 g/mol. The van der Waals surface area contributed by atoms with Gasteiger partial charge in [0.15, 0.2) is 0 Å². The molecule has 1 atom stereocenters. The standard InChI is InChI=1S/C36H33ClN6O3/c1-46-36(45)39-27-13-14-29-24-6-4-5-23(17-24)28(7-2-3-8-35(44)40-32(29)19-27)31-15-11-25(20-38-31)30-18-26(37)12-16-34(30)43-21-33(41-42-43)22-9-10-22/h4-6,11-22,28H,2-3,7-10H2,1H3,(H,39,45)(H,40,44). The summed E-state index contributed by atoms with van der Waals surface area (Å²) in [7, 11) is 1.31. The molecule has 1 aliphatic heterocycles. The number of nitrogens with one attached hydrogen (secondary N) is 2. The lowest BCUT2D eigenvalue weighted by Gasteiger charge is -2.21. The van der Waals surface area contributed by atoms with Crippen molar-refractivity contribution in [2.24, 2.45) is 0 Å². The highest BCUT2D eigenvalue weighted by Crippen LogP contribution is 2.40. The molecule has 2 N–H and O–H groups in total. The number of amides is 2. The Bertz CT molecular complexity index is 1920. The predicted molar refractivity (Wildman–Crippen MR) is 178 cm³/mol. The minimum absolute atomic E-state index is 0.0375. The number of benzene rings is 3. The van der Waals surface area contributed by atoms with Crippen molar-refractivity contribution in [1.29, 1.82) is 0 Å². The van der Waals surface area contributed by atoms with E-state index in [1.165, 1.54) is 7.11 Å². The average Bonchev–Trinajstić information content (AvgIpc) is 3.81. The van der Waals surface area contributed by atoms with E-state index in [1.807, 2.05) is 53.5 Å². The van der Waals surface area contributed by atoms with Crippen LogP contribution in [0.25, 0.3) is 27.9 Å². The Morgan fingerprint density at radius 2 is 1.85 bits per heavy atom. The molecule has 2 aromatic heterocycles. The maximum Gasteiger partial charge on any atom is 0.411 e. The number of anilines is 2. The molecular formula is C36H33ClN6O3. The number of rotatable bonds is 5. The number of hydrogen-bond acceptors (Lipinski definition) is 6. The summed E-state index contributed by atoms with van der Waals surface area (Å²) in [6.07, 6.45) is 8.51. The molecule has 9 nitrogen and oxygen atoms in total. The molecule has 232 valence electrons. The summed E-state index contributed by atoms with van der Waals surface area (Å²) in [5.41, 5.74) is 8.89. The summed E-state index contributed by atoms with van der Waals surface area (Å²) in [6, 6.07) is 23.8. The van der Waals surface area contributed by atoms with Crippen LogP contribution >= 0.6 is 11.6 Å². The average molecular weight is 633 g/mol. The molecule has 0 radical (unpaired) electrons. The lowest BCUT2D eigenvalue weighted by atomic mass is 9.87. The van der Waals surface area contributed by atoms with E-state index in [9.17, 15) is 9.59 Å². The molecule has 10 heteroatoms. The van der Waals surface area contributed by atoms with Gasteiger partial charge in [-0.05, 0) is 73.2 Å². The molecule has 3 heterocycles. The number of hydrogen-bond donors (Lipinski definition) is 2. The van der Waals surface area contributed by atoms with Crippen molar-refractivity contribution >= 4 is 35.0 Å². The number of carbonyl (C=O) groups excluding carboxylic acids is 2. The van der Waals surface area contributed by atoms with Gasteiger partial charge in [0.2, 0.25) is 5.91 Å². The first-order valence-electron chi connectivity index (χ1n) is 15.5. The van der Waals surface area contributed by atoms with Crippen molar-refractivity contribution in [2.45, 2.75) is 50.4 Å². The highest BCUT2D eigenvalue weighted by Gasteiger charge is 2.27. The van der Waals surface area contributed by atoms with Gasteiger partial charge in [-0.25, -0.2) is 9.48 Å². The summed E-state index contributed by atoms with van der Waals surface area (Å²) in [5.74, 6) is 0.482. The van der Waals surface area contributed by atoms with Crippen LogP contribution in [0.5, 0.6) is 0 Å². The molecule has 46 heavy (non-hydrogen) atoms. The van der Waals surface area contributed by atoms with Gasteiger partial charge in [-0.2, -0.15) is 0 Å². The van der Waals surface area contributed by atoms with Gasteiger partial charge in [0.05, 0.1) is 30.4 Å². The van der Waals surface area contributed by atoms with Crippen LogP contribution < -0.4 is 10.6 Å². The molecule has 2 amide bonds. The second-order valence-electron chi connectivity index (χ2n) is 11.8. The van der Waals surface area contributed by atoms with E-state index in [0.717, 1.165) is 77.0 Å². The van der Waals surface area contributed by atoms with E-state index in [1.54, 1.807) is 12.1 Å². The van der Waals surface area contributed by atoms with Crippen LogP contribution in [0.1, 0.15) is 67.3 Å². The van der Waals surface area contributed by atoms with Crippen LogP contribution in [0.4, 0.5) is 16.2 Å². The van der Waals surface area contributed by atoms with Gasteiger partial charge in [-0.15, -0.1) is 5.10 Å². The highest BCUT2D eigenvalue weighted by molar-refractivity contribution is 6.31. The lowest BCUT2D eigenvalue weighted by molar-refractivity contribution is -0.116. The van der Waals surface area contributed by atoms with Crippen molar-refractivity contribution in [3.63, 3.8) is 0 Å². The molecular weight excluding hydrogens is 600 g/mol. The first-order valence-corrected chi connectivity index (χ1v) is 15.9. The van der Waals surface area contributed by atoms with E-state index < -0.39 is 6.09 Å². The van der Waals surface area contributed by atoms with E-state index in [-0.39, 0.29) is 11.8 Å². The van der Waals surface area contributed by atoms with Crippen LogP contribution in [-0.2, 0) is 9.53 Å². The largest absolute Gasteiger partial charge is 0.453 e. The molecule has 5 aromatic rings. The van der Waals surface area contributed by atoms with Crippen molar-refractivity contribution in [3.8, 4) is 27.9 Å². The number of fused-ring (bicyclic) bond motifs is 4. The van der Waals surface area contributed by atoms with Gasteiger partial charge in [-0.1, -0.05) is 59.6 Å². The van der Waals surface area contributed by atoms with Crippen LogP contribution in [0.2, 0.25) is 5.02 Å². The van der Waals surface area contributed by atoms with Crippen molar-refractivity contribution in [3.05, 3.63) is 107 Å². The first-order chi connectivity index (χ1) is 22.4. The third-order valence-corrected chi connectivity index (χ3v) is 8.87. The normalized spacial score (nSPS) is 16.4. The lowest BCUT2D eigenvalue weighted by Crippen LogP contribution is -2.14. The Morgan fingerprint density at radius 1 is 0.957 bits per heavy atom. The molecule has 1 fully saturated rings. The minimum Gasteiger partial charge on any atom is -0.453 e. The molecule has 1 saturated carbocycles. The van der Waals surface area contributed by atoms with E-state index in [2.05, 4.69) is 45.2 Å². The SMILES string of the molecule is COC(=O)Nc1ccc2c(c1)NC(=O)CCCCC(c1ccc(-c3cc(Cl)ccc3-n3cc(C4CC4)nn3)cn1)c1cccc-2c1. The maximum absolute atomic E-state index is 12.9. The number of methoxy groups -OCH3 is 1. The summed E-state index contributed by atoms with van der Waals surface area (Å²) in [5, 5.41) is 15.2. The Morgan fingerprint density at radius 3 is 2.65 bits per heavy atom. The van der Waals surface area contributed by atoms with Crippen molar-refractivity contribution in [1.82, 2.24) is 20.0 Å². The zero-order chi connectivity index (χ0) is 31.6. The summed E-state index contributed by atoms with van der Waals surface area (Å²) in [4.78, 5) is 29.7. The van der Waals surface area contributed by atoms with Gasteiger partial charge in [-0.3, -0.25) is 15.1 Å². The smallest absolute Gasteiger partial charge is 0.411 e. The van der Waals surface area contributed by atoms with Gasteiger partial charge in [0, 0.05) is 57.5 Å². The zero-order valence-corrected chi connectivity index (χ0v) is 26.1. The van der Waals surface area contributed by atoms with Crippen molar-refractivity contribution in [2.75, 3.05) is 17.7 Å². The maximum atomic E-state index is 12.9. The zero-order valence-electron chi connectivity index (χ0n) is 25.4. The van der Waals surface area contributed by atoms with E-state index in [0.29, 0.717) is 28.7 Å². The molecule has 3 aromatic carbocycles. The van der Waals surface area contributed by atoms with Crippen LogP contribution in [-0.4, -0.2) is 39.1 Å². The predicted octanol–water partition coefficient (Wildman–Crippen LogP) is 8.35. The fraction of sp³-hybridized carbons (Fsp3) is 0.250. The Balaban J connectivity index is 1.22. The fourth-order valence-electron chi connectivity index (χ4n) is 6.07. The summed E-state index contributed by atoms with van der Waals surface area (Å²) >= 11 is 6.46.